The lowest BCUT2D eigenvalue weighted by molar-refractivity contribution is 0.0984. The fourth-order valence-corrected chi connectivity index (χ4v) is 6.38. The standard InChI is InChI=1S/C28H32N4O6S2/c1-4-38-24-9-7-10-25-26(24)30-28(39-25)32(20-22-8-5-6-15-29-22)27(33)21-11-13-23(14-12-21)40(34,35)31(16-18-36-2)17-19-37-3/h5-15H,4,16-20H2,1-3H3. The summed E-state index contributed by atoms with van der Waals surface area (Å²) in [6.45, 7) is 3.44. The van der Waals surface area contributed by atoms with Crippen molar-refractivity contribution in [3.63, 3.8) is 0 Å². The minimum atomic E-state index is -3.82. The van der Waals surface area contributed by atoms with Crippen LogP contribution in [0.1, 0.15) is 23.0 Å². The Hall–Kier alpha value is -3.42. The van der Waals surface area contributed by atoms with Gasteiger partial charge in [-0.2, -0.15) is 4.31 Å². The first-order chi connectivity index (χ1) is 19.4. The van der Waals surface area contributed by atoms with Gasteiger partial charge in [-0.1, -0.05) is 23.5 Å². The van der Waals surface area contributed by atoms with Crippen LogP contribution in [0.3, 0.4) is 0 Å². The van der Waals surface area contributed by atoms with Gasteiger partial charge >= 0.3 is 0 Å². The number of sulfonamides is 1. The number of nitrogens with zero attached hydrogens (tertiary/aromatic N) is 4. The SMILES string of the molecule is CCOc1cccc2sc(N(Cc3ccccn3)C(=O)c3ccc(S(=O)(=O)N(CCOC)CCOC)cc3)nc12. The molecule has 2 aromatic carbocycles. The maximum atomic E-state index is 13.9. The molecule has 0 aliphatic heterocycles. The van der Waals surface area contributed by atoms with E-state index in [0.717, 1.165) is 4.70 Å². The van der Waals surface area contributed by atoms with Crippen molar-refractivity contribution in [3.05, 3.63) is 78.1 Å². The molecule has 0 atom stereocenters. The average Bonchev–Trinajstić information content (AvgIpc) is 3.41. The van der Waals surface area contributed by atoms with Crippen LogP contribution in [0, 0.1) is 0 Å². The first kappa shape index (κ1) is 29.6. The van der Waals surface area contributed by atoms with Crippen LogP contribution in [0.2, 0.25) is 0 Å². The van der Waals surface area contributed by atoms with Crippen LogP contribution in [0.15, 0.2) is 71.8 Å². The molecule has 2 aromatic heterocycles. The Morgan fingerprint density at radius 2 is 1.68 bits per heavy atom. The molecule has 1 amide bonds. The summed E-state index contributed by atoms with van der Waals surface area (Å²) in [7, 11) is -0.792. The monoisotopic (exact) mass is 584 g/mol. The average molecular weight is 585 g/mol. The van der Waals surface area contributed by atoms with E-state index < -0.39 is 10.0 Å². The Bertz CT molecular complexity index is 1500. The van der Waals surface area contributed by atoms with Gasteiger partial charge in [0.05, 0.1) is 41.7 Å². The molecule has 2 heterocycles. The van der Waals surface area contributed by atoms with Crippen molar-refractivity contribution in [2.24, 2.45) is 0 Å². The molecular formula is C28H32N4O6S2. The Morgan fingerprint density at radius 1 is 0.950 bits per heavy atom. The maximum absolute atomic E-state index is 13.9. The number of methoxy groups -OCH3 is 2. The molecule has 0 spiro atoms. The van der Waals surface area contributed by atoms with E-state index in [4.69, 9.17) is 19.2 Å². The highest BCUT2D eigenvalue weighted by Crippen LogP contribution is 2.35. The summed E-state index contributed by atoms with van der Waals surface area (Å²) in [5.74, 6) is 0.316. The molecule has 40 heavy (non-hydrogen) atoms. The van der Waals surface area contributed by atoms with Crippen molar-refractivity contribution in [2.45, 2.75) is 18.4 Å². The maximum Gasteiger partial charge on any atom is 0.260 e. The first-order valence-corrected chi connectivity index (χ1v) is 15.0. The number of rotatable bonds is 14. The fraction of sp³-hybridized carbons (Fsp3) is 0.321. The van der Waals surface area contributed by atoms with Gasteiger partial charge in [-0.3, -0.25) is 14.7 Å². The number of thiazole rings is 1. The molecule has 10 nitrogen and oxygen atoms in total. The van der Waals surface area contributed by atoms with Crippen molar-refractivity contribution in [3.8, 4) is 5.75 Å². The Kier molecular flexibility index (Phi) is 10.2. The van der Waals surface area contributed by atoms with E-state index in [1.807, 2.05) is 43.3 Å². The largest absolute Gasteiger partial charge is 0.492 e. The van der Waals surface area contributed by atoms with Crippen LogP contribution in [0.25, 0.3) is 10.2 Å². The Morgan fingerprint density at radius 3 is 2.30 bits per heavy atom. The topological polar surface area (TPSA) is 111 Å². The molecule has 0 aliphatic rings. The van der Waals surface area contributed by atoms with Crippen molar-refractivity contribution in [2.75, 3.05) is 52.0 Å². The summed E-state index contributed by atoms with van der Waals surface area (Å²) in [4.78, 5) is 24.6. The van der Waals surface area contributed by atoms with Gasteiger partial charge in [0.25, 0.3) is 5.91 Å². The van der Waals surface area contributed by atoms with Crippen LogP contribution in [-0.4, -0.2) is 75.7 Å². The van der Waals surface area contributed by atoms with E-state index >= 15 is 0 Å². The van der Waals surface area contributed by atoms with Crippen molar-refractivity contribution in [1.29, 1.82) is 0 Å². The van der Waals surface area contributed by atoms with Crippen molar-refractivity contribution >= 4 is 42.6 Å². The molecule has 0 bridgehead atoms. The number of aromatic nitrogens is 2. The predicted octanol–water partition coefficient (Wildman–Crippen LogP) is 4.22. The minimum absolute atomic E-state index is 0.0777. The van der Waals surface area contributed by atoms with E-state index in [1.54, 1.807) is 11.1 Å². The molecule has 0 fully saturated rings. The third kappa shape index (κ3) is 6.83. The molecule has 4 rings (SSSR count). The van der Waals surface area contributed by atoms with Gasteiger partial charge in [-0.05, 0) is 55.5 Å². The normalized spacial score (nSPS) is 11.7. The minimum Gasteiger partial charge on any atom is -0.492 e. The van der Waals surface area contributed by atoms with Gasteiger partial charge in [0.1, 0.15) is 11.3 Å². The highest BCUT2D eigenvalue weighted by atomic mass is 32.2. The fourth-order valence-electron chi connectivity index (χ4n) is 3.99. The third-order valence-corrected chi connectivity index (χ3v) is 8.98. The molecule has 212 valence electrons. The number of pyridine rings is 1. The van der Waals surface area contributed by atoms with Crippen LogP contribution in [-0.2, 0) is 26.0 Å². The molecule has 12 heteroatoms. The van der Waals surface area contributed by atoms with Gasteiger partial charge < -0.3 is 14.2 Å². The number of carbonyl (C=O) groups excluding carboxylic acids is 1. The van der Waals surface area contributed by atoms with E-state index in [-0.39, 0.29) is 43.7 Å². The first-order valence-electron chi connectivity index (χ1n) is 12.7. The lowest BCUT2D eigenvalue weighted by atomic mass is 10.2. The second-order valence-electron chi connectivity index (χ2n) is 8.66. The lowest BCUT2D eigenvalue weighted by Crippen LogP contribution is -2.36. The van der Waals surface area contributed by atoms with Crippen LogP contribution < -0.4 is 9.64 Å². The van der Waals surface area contributed by atoms with E-state index in [1.165, 1.54) is 54.1 Å². The van der Waals surface area contributed by atoms with Gasteiger partial charge in [-0.15, -0.1) is 0 Å². The number of ether oxygens (including phenoxy) is 3. The quantitative estimate of drug-likeness (QED) is 0.217. The summed E-state index contributed by atoms with van der Waals surface area (Å²) in [6.07, 6.45) is 1.67. The van der Waals surface area contributed by atoms with Gasteiger partial charge in [0.15, 0.2) is 5.13 Å². The number of para-hydroxylation sites is 1. The Labute approximate surface area is 238 Å². The van der Waals surface area contributed by atoms with Gasteiger partial charge in [0, 0.05) is 39.1 Å². The lowest BCUT2D eigenvalue weighted by Gasteiger charge is -2.22. The number of amides is 1. The predicted molar refractivity (Wildman–Crippen MR) is 154 cm³/mol. The number of benzene rings is 2. The van der Waals surface area contributed by atoms with Crippen molar-refractivity contribution in [1.82, 2.24) is 14.3 Å². The Balaban J connectivity index is 1.67. The van der Waals surface area contributed by atoms with Crippen molar-refractivity contribution < 1.29 is 27.4 Å². The summed E-state index contributed by atoms with van der Waals surface area (Å²) >= 11 is 1.37. The summed E-state index contributed by atoms with van der Waals surface area (Å²) < 4.78 is 44.7. The highest BCUT2D eigenvalue weighted by Gasteiger charge is 2.26. The molecule has 4 aromatic rings. The van der Waals surface area contributed by atoms with Gasteiger partial charge in [0.2, 0.25) is 10.0 Å². The number of fused-ring (bicyclic) bond motifs is 1. The number of hydrogen-bond donors (Lipinski definition) is 0. The van der Waals surface area contributed by atoms with E-state index in [9.17, 15) is 13.2 Å². The second kappa shape index (κ2) is 13.8. The third-order valence-electron chi connectivity index (χ3n) is 6.02. The molecule has 0 saturated heterocycles. The zero-order valence-electron chi connectivity index (χ0n) is 22.6. The van der Waals surface area contributed by atoms with E-state index in [0.29, 0.717) is 34.3 Å². The molecule has 0 radical (unpaired) electrons. The molecule has 0 unspecified atom stereocenters. The highest BCUT2D eigenvalue weighted by molar-refractivity contribution is 7.89. The second-order valence-corrected chi connectivity index (χ2v) is 11.6. The number of anilines is 1. The molecular weight excluding hydrogens is 552 g/mol. The number of carbonyl (C=O) groups is 1. The molecule has 0 N–H and O–H groups in total. The zero-order valence-corrected chi connectivity index (χ0v) is 24.3. The summed E-state index contributed by atoms with van der Waals surface area (Å²) in [5.41, 5.74) is 1.68. The smallest absolute Gasteiger partial charge is 0.260 e. The van der Waals surface area contributed by atoms with Crippen LogP contribution in [0.4, 0.5) is 5.13 Å². The molecule has 0 aliphatic carbocycles. The van der Waals surface area contributed by atoms with Crippen LogP contribution >= 0.6 is 11.3 Å². The van der Waals surface area contributed by atoms with Crippen LogP contribution in [0.5, 0.6) is 5.75 Å². The molecule has 0 saturated carbocycles. The summed E-state index contributed by atoms with van der Waals surface area (Å²) in [5, 5.41) is 0.486. The zero-order chi connectivity index (χ0) is 28.5. The summed E-state index contributed by atoms with van der Waals surface area (Å²) in [6, 6.07) is 17.1. The van der Waals surface area contributed by atoms with E-state index in [2.05, 4.69) is 4.98 Å². The van der Waals surface area contributed by atoms with Gasteiger partial charge in [-0.25, -0.2) is 13.4 Å². The number of hydrogen-bond acceptors (Lipinski definition) is 9.